The molecule has 0 spiro atoms. The Labute approximate surface area is 190 Å². The molecule has 1 aromatic carbocycles. The van der Waals surface area contributed by atoms with Crippen LogP contribution >= 0.6 is 0 Å². The van der Waals surface area contributed by atoms with E-state index in [4.69, 9.17) is 9.26 Å². The van der Waals surface area contributed by atoms with Crippen LogP contribution in [0.25, 0.3) is 33.1 Å². The van der Waals surface area contributed by atoms with Crippen molar-refractivity contribution in [3.8, 4) is 16.9 Å². The lowest BCUT2D eigenvalue weighted by Crippen LogP contribution is -2.36. The van der Waals surface area contributed by atoms with E-state index >= 15 is 0 Å². The molecule has 1 aliphatic rings. The molecule has 4 aromatic rings. The first-order valence-corrected chi connectivity index (χ1v) is 11.2. The van der Waals surface area contributed by atoms with Crippen molar-refractivity contribution in [1.29, 1.82) is 0 Å². The summed E-state index contributed by atoms with van der Waals surface area (Å²) in [6.07, 6.45) is 3.92. The number of anilines is 1. The lowest BCUT2D eigenvalue weighted by atomic mass is 9.98. The summed E-state index contributed by atoms with van der Waals surface area (Å²) in [5.74, 6) is 1.68. The quantitative estimate of drug-likeness (QED) is 0.385. The van der Waals surface area contributed by atoms with Crippen LogP contribution in [0, 0.1) is 26.7 Å². The molecule has 3 N–H and O–H groups in total. The molecular weight excluding hydrogens is 422 g/mol. The molecule has 33 heavy (non-hydrogen) atoms. The number of ether oxygens (including phenoxy) is 1. The van der Waals surface area contributed by atoms with Crippen molar-refractivity contribution in [2.24, 2.45) is 5.92 Å². The van der Waals surface area contributed by atoms with E-state index < -0.39 is 12.0 Å². The maximum absolute atomic E-state index is 12.1. The van der Waals surface area contributed by atoms with Crippen LogP contribution in [-0.2, 0) is 4.79 Å². The number of aryl methyl sites for hydroxylation is 3. The highest BCUT2D eigenvalue weighted by Crippen LogP contribution is 2.41. The van der Waals surface area contributed by atoms with Gasteiger partial charge in [-0.25, -0.2) is 14.8 Å². The minimum absolute atomic E-state index is 0.0821. The standard InChI is InChI=1S/C24H27N5O4/c1-11-19(12(2)33-29-11)16-9-17-15(10-18(16)32-4)20-22(27-17)25-13(3)26-23(20)28-21(24(30)31)14-7-5-6-8-14/h9-10,14,21H,5-8H2,1-4H3,(H,30,31)(H2,25,26,27,28)/t21-/m0/s1. The van der Waals surface area contributed by atoms with E-state index in [2.05, 4.69) is 25.4 Å². The largest absolute Gasteiger partial charge is 0.496 e. The second-order valence-corrected chi connectivity index (χ2v) is 8.77. The van der Waals surface area contributed by atoms with Crippen molar-refractivity contribution in [1.82, 2.24) is 20.1 Å². The Hall–Kier alpha value is -3.62. The lowest BCUT2D eigenvalue weighted by Gasteiger charge is -2.21. The first kappa shape index (κ1) is 21.2. The normalized spacial score (nSPS) is 15.4. The Bertz CT molecular complexity index is 1350. The molecule has 0 amide bonds. The number of nitrogens with zero attached hydrogens (tertiary/aromatic N) is 3. The second kappa shape index (κ2) is 8.06. The van der Waals surface area contributed by atoms with Gasteiger partial charge in [0.25, 0.3) is 0 Å². The van der Waals surface area contributed by atoms with Gasteiger partial charge in [-0.1, -0.05) is 18.0 Å². The highest BCUT2D eigenvalue weighted by atomic mass is 16.5. The molecular formula is C24H27N5O4. The van der Waals surface area contributed by atoms with Gasteiger partial charge < -0.3 is 24.7 Å². The molecule has 0 aliphatic heterocycles. The van der Waals surface area contributed by atoms with Gasteiger partial charge in [0, 0.05) is 16.5 Å². The van der Waals surface area contributed by atoms with Crippen molar-refractivity contribution < 1.29 is 19.2 Å². The van der Waals surface area contributed by atoms with Crippen LogP contribution < -0.4 is 10.1 Å². The molecule has 0 bridgehead atoms. The molecule has 5 rings (SSSR count). The first-order chi connectivity index (χ1) is 15.9. The van der Waals surface area contributed by atoms with Crippen molar-refractivity contribution in [2.75, 3.05) is 12.4 Å². The van der Waals surface area contributed by atoms with E-state index in [1.165, 1.54) is 0 Å². The monoisotopic (exact) mass is 449 g/mol. The number of hydrogen-bond acceptors (Lipinski definition) is 7. The number of carbonyl (C=O) groups is 1. The Morgan fingerprint density at radius 1 is 1.24 bits per heavy atom. The summed E-state index contributed by atoms with van der Waals surface area (Å²) in [5, 5.41) is 18.9. The summed E-state index contributed by atoms with van der Waals surface area (Å²) in [4.78, 5) is 24.7. The molecule has 0 saturated heterocycles. The predicted molar refractivity (Wildman–Crippen MR) is 125 cm³/mol. The number of nitrogens with one attached hydrogen (secondary N) is 2. The first-order valence-electron chi connectivity index (χ1n) is 11.2. The zero-order valence-corrected chi connectivity index (χ0v) is 19.2. The van der Waals surface area contributed by atoms with E-state index in [9.17, 15) is 9.90 Å². The van der Waals surface area contributed by atoms with Crippen LogP contribution in [0.5, 0.6) is 5.75 Å². The number of rotatable bonds is 6. The smallest absolute Gasteiger partial charge is 0.326 e. The van der Waals surface area contributed by atoms with Crippen LogP contribution in [0.1, 0.15) is 43.0 Å². The number of fused-ring (bicyclic) bond motifs is 3. The summed E-state index contributed by atoms with van der Waals surface area (Å²) < 4.78 is 11.1. The van der Waals surface area contributed by atoms with E-state index in [0.29, 0.717) is 28.8 Å². The summed E-state index contributed by atoms with van der Waals surface area (Å²) in [5.41, 5.74) is 4.02. The van der Waals surface area contributed by atoms with Crippen LogP contribution in [-0.4, -0.2) is 44.3 Å². The second-order valence-electron chi connectivity index (χ2n) is 8.77. The van der Waals surface area contributed by atoms with Crippen molar-refractivity contribution >= 4 is 33.7 Å². The zero-order chi connectivity index (χ0) is 23.3. The maximum atomic E-state index is 12.1. The minimum atomic E-state index is -0.857. The average Bonchev–Trinajstić information content (AvgIpc) is 3.49. The number of carboxylic acid groups (broad SMARTS) is 1. The van der Waals surface area contributed by atoms with Crippen LogP contribution in [0.4, 0.5) is 5.82 Å². The number of aromatic amines is 1. The third kappa shape index (κ3) is 3.57. The average molecular weight is 450 g/mol. The number of benzene rings is 1. The highest BCUT2D eigenvalue weighted by Gasteiger charge is 2.32. The maximum Gasteiger partial charge on any atom is 0.326 e. The third-order valence-corrected chi connectivity index (χ3v) is 6.62. The van der Waals surface area contributed by atoms with Gasteiger partial charge in [0.05, 0.1) is 23.8 Å². The molecule has 1 fully saturated rings. The van der Waals surface area contributed by atoms with E-state index in [-0.39, 0.29) is 5.92 Å². The Morgan fingerprint density at radius 2 is 2.00 bits per heavy atom. The lowest BCUT2D eigenvalue weighted by molar-refractivity contribution is -0.139. The van der Waals surface area contributed by atoms with Gasteiger partial charge >= 0.3 is 5.97 Å². The predicted octanol–water partition coefficient (Wildman–Crippen LogP) is 4.76. The van der Waals surface area contributed by atoms with Crippen LogP contribution in [0.3, 0.4) is 0 Å². The molecule has 9 heteroatoms. The summed E-state index contributed by atoms with van der Waals surface area (Å²) in [7, 11) is 1.62. The number of carboxylic acids is 1. The molecule has 1 saturated carbocycles. The van der Waals surface area contributed by atoms with Gasteiger partial charge in [0.2, 0.25) is 0 Å². The topological polar surface area (TPSA) is 126 Å². The Kier molecular flexibility index (Phi) is 5.19. The van der Waals surface area contributed by atoms with E-state index in [1.54, 1.807) is 14.0 Å². The fourth-order valence-corrected chi connectivity index (χ4v) is 5.09. The van der Waals surface area contributed by atoms with Gasteiger partial charge in [-0.2, -0.15) is 0 Å². The van der Waals surface area contributed by atoms with Gasteiger partial charge in [-0.15, -0.1) is 0 Å². The van der Waals surface area contributed by atoms with Crippen molar-refractivity contribution in [3.05, 3.63) is 29.4 Å². The molecule has 9 nitrogen and oxygen atoms in total. The van der Waals surface area contributed by atoms with Crippen molar-refractivity contribution in [3.63, 3.8) is 0 Å². The van der Waals surface area contributed by atoms with E-state index in [0.717, 1.165) is 58.8 Å². The molecule has 3 heterocycles. The third-order valence-electron chi connectivity index (χ3n) is 6.62. The Balaban J connectivity index is 1.70. The summed E-state index contributed by atoms with van der Waals surface area (Å²) in [6, 6.07) is 3.23. The zero-order valence-electron chi connectivity index (χ0n) is 19.2. The number of H-pyrrole nitrogens is 1. The number of hydrogen-bond donors (Lipinski definition) is 3. The number of methoxy groups -OCH3 is 1. The molecule has 3 aromatic heterocycles. The number of aromatic nitrogens is 4. The van der Waals surface area contributed by atoms with Gasteiger partial charge in [-0.3, -0.25) is 0 Å². The van der Waals surface area contributed by atoms with Gasteiger partial charge in [-0.05, 0) is 51.7 Å². The van der Waals surface area contributed by atoms with Crippen molar-refractivity contribution in [2.45, 2.75) is 52.5 Å². The molecule has 1 aliphatic carbocycles. The summed E-state index contributed by atoms with van der Waals surface area (Å²) in [6.45, 7) is 5.57. The van der Waals surface area contributed by atoms with E-state index in [1.807, 2.05) is 26.0 Å². The van der Waals surface area contributed by atoms with Crippen LogP contribution in [0.15, 0.2) is 16.7 Å². The molecule has 0 unspecified atom stereocenters. The highest BCUT2D eigenvalue weighted by molar-refractivity contribution is 6.13. The van der Waals surface area contributed by atoms with Crippen LogP contribution in [0.2, 0.25) is 0 Å². The fourth-order valence-electron chi connectivity index (χ4n) is 5.09. The van der Waals surface area contributed by atoms with Gasteiger partial charge in [0.1, 0.15) is 34.8 Å². The Morgan fingerprint density at radius 3 is 2.64 bits per heavy atom. The minimum Gasteiger partial charge on any atom is -0.496 e. The van der Waals surface area contributed by atoms with Gasteiger partial charge in [0.15, 0.2) is 0 Å². The molecule has 172 valence electrons. The molecule has 0 radical (unpaired) electrons. The number of aliphatic carboxylic acids is 1. The molecule has 1 atom stereocenters. The fraction of sp³-hybridized carbons (Fsp3) is 0.417. The summed E-state index contributed by atoms with van der Waals surface area (Å²) >= 11 is 0. The SMILES string of the molecule is COc1cc2c(cc1-c1c(C)noc1C)[nH]c1nc(C)nc(N[C@H](C(=O)O)C3CCCC3)c12.